The lowest BCUT2D eigenvalue weighted by molar-refractivity contribution is 0.414. The number of aromatic nitrogens is 2. The molecule has 0 aliphatic carbocycles. The Morgan fingerprint density at radius 1 is 1.21 bits per heavy atom. The zero-order valence-electron chi connectivity index (χ0n) is 11.0. The third kappa shape index (κ3) is 3.83. The molecular formula is C14H16ClN3O. The van der Waals surface area contributed by atoms with Gasteiger partial charge in [0.25, 0.3) is 0 Å². The van der Waals surface area contributed by atoms with Crippen LogP contribution in [0.5, 0.6) is 5.75 Å². The Morgan fingerprint density at radius 3 is 2.58 bits per heavy atom. The molecule has 0 saturated heterocycles. The highest BCUT2D eigenvalue weighted by Crippen LogP contribution is 2.14. The van der Waals surface area contributed by atoms with E-state index in [2.05, 4.69) is 15.3 Å². The first kappa shape index (κ1) is 13.6. The first-order valence-electron chi connectivity index (χ1n) is 6.11. The SMILES string of the molecule is CCc1cc(Cl)nc(NCc2ccc(OC)cc2)n1. The van der Waals surface area contributed by atoms with Crippen LogP contribution in [0.3, 0.4) is 0 Å². The van der Waals surface area contributed by atoms with Gasteiger partial charge < -0.3 is 10.1 Å². The van der Waals surface area contributed by atoms with Gasteiger partial charge in [-0.05, 0) is 30.2 Å². The quantitative estimate of drug-likeness (QED) is 0.852. The topological polar surface area (TPSA) is 47.0 Å². The normalized spacial score (nSPS) is 10.3. The van der Waals surface area contributed by atoms with E-state index in [1.807, 2.05) is 31.2 Å². The first-order chi connectivity index (χ1) is 9.21. The molecule has 2 rings (SSSR count). The van der Waals surface area contributed by atoms with E-state index in [9.17, 15) is 0 Å². The number of ether oxygens (including phenoxy) is 1. The van der Waals surface area contributed by atoms with Gasteiger partial charge in [-0.25, -0.2) is 9.97 Å². The van der Waals surface area contributed by atoms with Crippen molar-refractivity contribution < 1.29 is 4.74 Å². The number of aryl methyl sites for hydroxylation is 1. The first-order valence-corrected chi connectivity index (χ1v) is 6.49. The van der Waals surface area contributed by atoms with Crippen LogP contribution in [0.15, 0.2) is 30.3 Å². The molecule has 1 aromatic heterocycles. The van der Waals surface area contributed by atoms with E-state index in [-0.39, 0.29) is 0 Å². The van der Waals surface area contributed by atoms with Gasteiger partial charge in [-0.2, -0.15) is 0 Å². The average Bonchev–Trinajstić information content (AvgIpc) is 2.45. The van der Waals surface area contributed by atoms with Gasteiger partial charge in [-0.15, -0.1) is 0 Å². The summed E-state index contributed by atoms with van der Waals surface area (Å²) in [5.74, 6) is 1.40. The maximum Gasteiger partial charge on any atom is 0.224 e. The Labute approximate surface area is 117 Å². The van der Waals surface area contributed by atoms with Gasteiger partial charge in [0.05, 0.1) is 7.11 Å². The molecule has 0 radical (unpaired) electrons. The Kier molecular flexibility index (Phi) is 4.58. The number of anilines is 1. The van der Waals surface area contributed by atoms with E-state index in [1.165, 1.54) is 0 Å². The molecule has 0 spiro atoms. The molecule has 1 N–H and O–H groups in total. The van der Waals surface area contributed by atoms with E-state index in [0.29, 0.717) is 17.6 Å². The molecule has 0 bridgehead atoms. The number of benzene rings is 1. The monoisotopic (exact) mass is 277 g/mol. The van der Waals surface area contributed by atoms with Crippen molar-refractivity contribution in [2.24, 2.45) is 0 Å². The maximum atomic E-state index is 5.94. The van der Waals surface area contributed by atoms with Crippen LogP contribution in [-0.4, -0.2) is 17.1 Å². The number of halogens is 1. The lowest BCUT2D eigenvalue weighted by Gasteiger charge is -2.07. The molecule has 1 aromatic carbocycles. The molecule has 19 heavy (non-hydrogen) atoms. The van der Waals surface area contributed by atoms with Crippen molar-refractivity contribution in [1.29, 1.82) is 0 Å². The minimum absolute atomic E-state index is 0.462. The smallest absolute Gasteiger partial charge is 0.224 e. The fourth-order valence-electron chi connectivity index (χ4n) is 1.65. The van der Waals surface area contributed by atoms with Gasteiger partial charge in [-0.3, -0.25) is 0 Å². The number of rotatable bonds is 5. The second kappa shape index (κ2) is 6.38. The number of nitrogens with one attached hydrogen (secondary N) is 1. The second-order valence-corrected chi connectivity index (χ2v) is 4.45. The Balaban J connectivity index is 2.03. The van der Waals surface area contributed by atoms with Gasteiger partial charge in [0.2, 0.25) is 5.95 Å². The molecule has 0 saturated carbocycles. The van der Waals surface area contributed by atoms with Crippen molar-refractivity contribution in [3.63, 3.8) is 0 Å². The molecule has 1 heterocycles. The summed E-state index contributed by atoms with van der Waals surface area (Å²) in [7, 11) is 1.65. The highest BCUT2D eigenvalue weighted by molar-refractivity contribution is 6.29. The molecule has 5 heteroatoms. The van der Waals surface area contributed by atoms with Gasteiger partial charge in [0.15, 0.2) is 0 Å². The fourth-order valence-corrected chi connectivity index (χ4v) is 1.85. The Bertz CT molecular complexity index is 543. The fraction of sp³-hybridized carbons (Fsp3) is 0.286. The van der Waals surface area contributed by atoms with Crippen molar-refractivity contribution in [1.82, 2.24) is 9.97 Å². The number of methoxy groups -OCH3 is 1. The van der Waals surface area contributed by atoms with Gasteiger partial charge in [-0.1, -0.05) is 30.7 Å². The summed E-state index contributed by atoms with van der Waals surface area (Å²) in [6, 6.07) is 9.62. The van der Waals surface area contributed by atoms with Crippen molar-refractivity contribution in [3.05, 3.63) is 46.7 Å². The third-order valence-corrected chi connectivity index (χ3v) is 2.91. The van der Waals surface area contributed by atoms with Gasteiger partial charge in [0, 0.05) is 12.2 Å². The summed E-state index contributed by atoms with van der Waals surface area (Å²) in [6.07, 6.45) is 0.833. The molecule has 0 unspecified atom stereocenters. The summed E-state index contributed by atoms with van der Waals surface area (Å²) in [6.45, 7) is 2.68. The summed E-state index contributed by atoms with van der Waals surface area (Å²) in [5, 5.41) is 3.63. The minimum Gasteiger partial charge on any atom is -0.497 e. The van der Waals surface area contributed by atoms with Crippen LogP contribution in [0.25, 0.3) is 0 Å². The van der Waals surface area contributed by atoms with E-state index >= 15 is 0 Å². The summed E-state index contributed by atoms with van der Waals surface area (Å²) < 4.78 is 5.12. The predicted molar refractivity (Wildman–Crippen MR) is 76.7 cm³/mol. The lowest BCUT2D eigenvalue weighted by atomic mass is 10.2. The maximum absolute atomic E-state index is 5.94. The van der Waals surface area contributed by atoms with Crippen LogP contribution in [0.4, 0.5) is 5.95 Å². The van der Waals surface area contributed by atoms with Crippen LogP contribution >= 0.6 is 11.6 Å². The predicted octanol–water partition coefficient (Wildman–Crippen LogP) is 3.31. The van der Waals surface area contributed by atoms with Gasteiger partial charge >= 0.3 is 0 Å². The van der Waals surface area contributed by atoms with Crippen molar-refractivity contribution in [3.8, 4) is 5.75 Å². The lowest BCUT2D eigenvalue weighted by Crippen LogP contribution is -2.05. The second-order valence-electron chi connectivity index (χ2n) is 4.06. The van der Waals surface area contributed by atoms with Crippen LogP contribution in [0, 0.1) is 0 Å². The molecular weight excluding hydrogens is 262 g/mol. The number of nitrogens with zero attached hydrogens (tertiary/aromatic N) is 2. The standard InChI is InChI=1S/C14H16ClN3O/c1-3-11-8-13(15)18-14(17-11)16-9-10-4-6-12(19-2)7-5-10/h4-8H,3,9H2,1-2H3,(H,16,17,18). The minimum atomic E-state index is 0.462. The van der Waals surface area contributed by atoms with E-state index in [0.717, 1.165) is 23.4 Å². The number of hydrogen-bond acceptors (Lipinski definition) is 4. The molecule has 4 nitrogen and oxygen atoms in total. The summed E-state index contributed by atoms with van der Waals surface area (Å²) >= 11 is 5.94. The molecule has 0 aliphatic rings. The molecule has 0 fully saturated rings. The Morgan fingerprint density at radius 2 is 1.95 bits per heavy atom. The highest BCUT2D eigenvalue weighted by Gasteiger charge is 2.02. The molecule has 2 aromatic rings. The van der Waals surface area contributed by atoms with Gasteiger partial charge in [0.1, 0.15) is 10.9 Å². The van der Waals surface area contributed by atoms with Crippen molar-refractivity contribution in [2.45, 2.75) is 19.9 Å². The molecule has 0 atom stereocenters. The molecule has 0 aliphatic heterocycles. The summed E-state index contributed by atoms with van der Waals surface area (Å²) in [4.78, 5) is 8.52. The third-order valence-electron chi connectivity index (χ3n) is 2.72. The van der Waals surface area contributed by atoms with Crippen molar-refractivity contribution >= 4 is 17.5 Å². The zero-order valence-corrected chi connectivity index (χ0v) is 11.7. The van der Waals surface area contributed by atoms with Crippen LogP contribution in [0.1, 0.15) is 18.2 Å². The van der Waals surface area contributed by atoms with E-state index < -0.39 is 0 Å². The van der Waals surface area contributed by atoms with Crippen molar-refractivity contribution in [2.75, 3.05) is 12.4 Å². The molecule has 100 valence electrons. The molecule has 0 amide bonds. The van der Waals surface area contributed by atoms with E-state index in [1.54, 1.807) is 13.2 Å². The highest BCUT2D eigenvalue weighted by atomic mass is 35.5. The zero-order chi connectivity index (χ0) is 13.7. The van der Waals surface area contributed by atoms with Crippen LogP contribution in [0.2, 0.25) is 5.15 Å². The largest absolute Gasteiger partial charge is 0.497 e. The van der Waals surface area contributed by atoms with Crippen LogP contribution in [-0.2, 0) is 13.0 Å². The number of hydrogen-bond donors (Lipinski definition) is 1. The van der Waals surface area contributed by atoms with Crippen LogP contribution < -0.4 is 10.1 Å². The average molecular weight is 278 g/mol. The summed E-state index contributed by atoms with van der Waals surface area (Å²) in [5.41, 5.74) is 2.06. The Hall–Kier alpha value is -1.81. The van der Waals surface area contributed by atoms with E-state index in [4.69, 9.17) is 16.3 Å².